The van der Waals surface area contributed by atoms with Gasteiger partial charge in [-0.2, -0.15) is 0 Å². The van der Waals surface area contributed by atoms with Crippen LogP contribution in [0.25, 0.3) is 0 Å². The van der Waals surface area contributed by atoms with E-state index in [9.17, 15) is 9.18 Å². The predicted octanol–water partition coefficient (Wildman–Crippen LogP) is 2.97. The Labute approximate surface area is 131 Å². The van der Waals surface area contributed by atoms with Crippen molar-refractivity contribution in [2.45, 2.75) is 32.7 Å². The minimum Gasteiger partial charge on any atom is -0.481 e. The Morgan fingerprint density at radius 3 is 2.73 bits per heavy atom. The van der Waals surface area contributed by atoms with Crippen LogP contribution in [0.15, 0.2) is 18.2 Å². The molecule has 1 aliphatic heterocycles. The first kappa shape index (κ1) is 16.7. The standard InChI is InChI=1S/C17H25FN2O2/c1-13-5-9-20(10-6-13)16-11-14(3-4-15(16)18)12-19(2)8-7-17(21)22/h3-4,11,13H,5-10,12H2,1-2H3,(H,21,22). The molecule has 4 nitrogen and oxygen atoms in total. The van der Waals surface area contributed by atoms with Crippen molar-refractivity contribution in [2.75, 3.05) is 31.6 Å². The van der Waals surface area contributed by atoms with Crippen molar-refractivity contribution in [1.29, 1.82) is 0 Å². The zero-order valence-electron chi connectivity index (χ0n) is 13.4. The lowest BCUT2D eigenvalue weighted by Gasteiger charge is -2.32. The van der Waals surface area contributed by atoms with E-state index in [2.05, 4.69) is 11.8 Å². The summed E-state index contributed by atoms with van der Waals surface area (Å²) in [5, 5.41) is 8.72. The molecule has 5 heteroatoms. The van der Waals surface area contributed by atoms with Crippen LogP contribution in [0.4, 0.5) is 10.1 Å². The summed E-state index contributed by atoms with van der Waals surface area (Å²) in [5.41, 5.74) is 1.69. The summed E-state index contributed by atoms with van der Waals surface area (Å²) in [6, 6.07) is 5.21. The fraction of sp³-hybridized carbons (Fsp3) is 0.588. The third-order valence-electron chi connectivity index (χ3n) is 4.29. The Hall–Kier alpha value is -1.62. The molecule has 1 fully saturated rings. The molecule has 0 aromatic heterocycles. The molecule has 1 N–H and O–H groups in total. The smallest absolute Gasteiger partial charge is 0.304 e. The largest absolute Gasteiger partial charge is 0.481 e. The molecule has 0 atom stereocenters. The van der Waals surface area contributed by atoms with E-state index in [0.29, 0.717) is 24.7 Å². The summed E-state index contributed by atoms with van der Waals surface area (Å²) in [6.45, 7) is 5.16. The van der Waals surface area contributed by atoms with Gasteiger partial charge in [-0.25, -0.2) is 4.39 Å². The van der Waals surface area contributed by atoms with Crippen molar-refractivity contribution in [1.82, 2.24) is 4.90 Å². The van der Waals surface area contributed by atoms with Gasteiger partial charge in [0.25, 0.3) is 0 Å². The van der Waals surface area contributed by atoms with Crippen LogP contribution in [-0.4, -0.2) is 42.7 Å². The normalized spacial score (nSPS) is 16.3. The zero-order chi connectivity index (χ0) is 16.1. The molecule has 0 saturated carbocycles. The molecular formula is C17H25FN2O2. The topological polar surface area (TPSA) is 43.8 Å². The van der Waals surface area contributed by atoms with Gasteiger partial charge < -0.3 is 14.9 Å². The van der Waals surface area contributed by atoms with Crippen molar-refractivity contribution in [3.8, 4) is 0 Å². The fourth-order valence-electron chi connectivity index (χ4n) is 2.83. The molecular weight excluding hydrogens is 283 g/mol. The summed E-state index contributed by atoms with van der Waals surface area (Å²) < 4.78 is 14.1. The van der Waals surface area contributed by atoms with Crippen LogP contribution in [-0.2, 0) is 11.3 Å². The number of halogens is 1. The number of carbonyl (C=O) groups is 1. The van der Waals surface area contributed by atoms with E-state index in [-0.39, 0.29) is 12.2 Å². The third-order valence-corrected chi connectivity index (χ3v) is 4.29. The Morgan fingerprint density at radius 2 is 2.09 bits per heavy atom. The van der Waals surface area contributed by atoms with Crippen LogP contribution in [0, 0.1) is 11.7 Å². The number of hydrogen-bond donors (Lipinski definition) is 1. The number of carboxylic acid groups (broad SMARTS) is 1. The first-order chi connectivity index (χ1) is 10.5. The predicted molar refractivity (Wildman–Crippen MR) is 85.6 cm³/mol. The Morgan fingerprint density at radius 1 is 1.41 bits per heavy atom. The SMILES string of the molecule is CC1CCN(c2cc(CN(C)CCC(=O)O)ccc2F)CC1. The van der Waals surface area contributed by atoms with E-state index in [1.165, 1.54) is 6.07 Å². The summed E-state index contributed by atoms with van der Waals surface area (Å²) in [6.07, 6.45) is 2.32. The summed E-state index contributed by atoms with van der Waals surface area (Å²) in [4.78, 5) is 14.7. The molecule has 1 aromatic carbocycles. The van der Waals surface area contributed by atoms with Crippen LogP contribution in [0.2, 0.25) is 0 Å². The van der Waals surface area contributed by atoms with Gasteiger partial charge in [-0.15, -0.1) is 0 Å². The monoisotopic (exact) mass is 308 g/mol. The van der Waals surface area contributed by atoms with Crippen LogP contribution >= 0.6 is 0 Å². The lowest BCUT2D eigenvalue weighted by atomic mass is 9.98. The molecule has 122 valence electrons. The fourth-order valence-corrected chi connectivity index (χ4v) is 2.83. The number of nitrogens with zero attached hydrogens (tertiary/aromatic N) is 2. The highest BCUT2D eigenvalue weighted by Gasteiger charge is 2.19. The highest BCUT2D eigenvalue weighted by Crippen LogP contribution is 2.26. The van der Waals surface area contributed by atoms with Gasteiger partial charge in [-0.1, -0.05) is 13.0 Å². The second kappa shape index (κ2) is 7.58. The molecule has 1 aliphatic rings. The summed E-state index contributed by atoms with van der Waals surface area (Å²) >= 11 is 0. The highest BCUT2D eigenvalue weighted by atomic mass is 19.1. The van der Waals surface area contributed by atoms with Gasteiger partial charge in [-0.05, 0) is 43.5 Å². The zero-order valence-corrected chi connectivity index (χ0v) is 13.4. The number of aliphatic carboxylic acids is 1. The van der Waals surface area contributed by atoms with E-state index in [1.807, 2.05) is 18.0 Å². The molecule has 0 amide bonds. The van der Waals surface area contributed by atoms with Crippen LogP contribution < -0.4 is 4.90 Å². The first-order valence-electron chi connectivity index (χ1n) is 7.89. The van der Waals surface area contributed by atoms with E-state index >= 15 is 0 Å². The highest BCUT2D eigenvalue weighted by molar-refractivity contribution is 5.66. The van der Waals surface area contributed by atoms with Gasteiger partial charge in [0, 0.05) is 26.2 Å². The second-order valence-electron chi connectivity index (χ2n) is 6.34. The molecule has 1 heterocycles. The van der Waals surface area contributed by atoms with Gasteiger partial charge in [0.1, 0.15) is 5.82 Å². The van der Waals surface area contributed by atoms with Crippen molar-refractivity contribution < 1.29 is 14.3 Å². The number of rotatable bonds is 6. The molecule has 1 saturated heterocycles. The Kier molecular flexibility index (Phi) is 5.77. The van der Waals surface area contributed by atoms with E-state index in [1.54, 1.807) is 6.07 Å². The molecule has 0 aliphatic carbocycles. The summed E-state index contributed by atoms with van der Waals surface area (Å²) in [5.74, 6) is -0.259. The van der Waals surface area contributed by atoms with Gasteiger partial charge >= 0.3 is 5.97 Å². The maximum Gasteiger partial charge on any atom is 0.304 e. The minimum absolute atomic E-state index is 0.120. The number of piperidine rings is 1. The van der Waals surface area contributed by atoms with Crippen LogP contribution in [0.5, 0.6) is 0 Å². The lowest BCUT2D eigenvalue weighted by molar-refractivity contribution is -0.137. The van der Waals surface area contributed by atoms with Gasteiger partial charge in [0.05, 0.1) is 12.1 Å². The quantitative estimate of drug-likeness (QED) is 0.877. The molecule has 0 unspecified atom stereocenters. The number of anilines is 1. The second-order valence-corrected chi connectivity index (χ2v) is 6.34. The summed E-state index contributed by atoms with van der Waals surface area (Å²) in [7, 11) is 1.88. The van der Waals surface area contributed by atoms with E-state index in [0.717, 1.165) is 31.5 Å². The third kappa shape index (κ3) is 4.70. The first-order valence-corrected chi connectivity index (χ1v) is 7.89. The molecule has 0 bridgehead atoms. The van der Waals surface area contributed by atoms with Crippen LogP contribution in [0.3, 0.4) is 0 Å². The van der Waals surface area contributed by atoms with Crippen molar-refractivity contribution >= 4 is 11.7 Å². The van der Waals surface area contributed by atoms with Gasteiger partial charge in [0.15, 0.2) is 0 Å². The van der Waals surface area contributed by atoms with Gasteiger partial charge in [0.2, 0.25) is 0 Å². The molecule has 1 aromatic rings. The average molecular weight is 308 g/mol. The molecule has 22 heavy (non-hydrogen) atoms. The maximum atomic E-state index is 14.1. The lowest BCUT2D eigenvalue weighted by Crippen LogP contribution is -2.33. The van der Waals surface area contributed by atoms with E-state index in [4.69, 9.17) is 5.11 Å². The number of benzene rings is 1. The van der Waals surface area contributed by atoms with Crippen LogP contribution in [0.1, 0.15) is 31.7 Å². The molecule has 2 rings (SSSR count). The average Bonchev–Trinajstić information content (AvgIpc) is 2.48. The number of carboxylic acids is 1. The van der Waals surface area contributed by atoms with Crippen molar-refractivity contribution in [3.63, 3.8) is 0 Å². The van der Waals surface area contributed by atoms with Gasteiger partial charge in [-0.3, -0.25) is 4.79 Å². The van der Waals surface area contributed by atoms with E-state index < -0.39 is 5.97 Å². The number of hydrogen-bond acceptors (Lipinski definition) is 3. The maximum absolute atomic E-state index is 14.1. The minimum atomic E-state index is -0.797. The van der Waals surface area contributed by atoms with Crippen molar-refractivity contribution in [3.05, 3.63) is 29.6 Å². The molecule has 0 radical (unpaired) electrons. The Bertz CT molecular complexity index is 513. The Balaban J connectivity index is 2.01. The molecule has 0 spiro atoms. The van der Waals surface area contributed by atoms with Crippen molar-refractivity contribution in [2.24, 2.45) is 5.92 Å².